The Balaban J connectivity index is 2.78. The number of phenols is 1. The highest BCUT2D eigenvalue weighted by Gasteiger charge is 2.14. The normalized spacial score (nSPS) is 11.7. The molecular weight excluding hydrogens is 196 g/mol. The molecular formula is C15H24O. The van der Waals surface area contributed by atoms with Gasteiger partial charge in [-0.2, -0.15) is 0 Å². The third-order valence-corrected chi connectivity index (χ3v) is 2.88. The van der Waals surface area contributed by atoms with Crippen molar-refractivity contribution in [1.82, 2.24) is 0 Å². The summed E-state index contributed by atoms with van der Waals surface area (Å²) in [4.78, 5) is 0. The van der Waals surface area contributed by atoms with Crippen LogP contribution in [0.25, 0.3) is 0 Å². The first-order valence-corrected chi connectivity index (χ1v) is 6.28. The van der Waals surface area contributed by atoms with Crippen LogP contribution in [0.5, 0.6) is 5.75 Å². The molecule has 0 aliphatic rings. The van der Waals surface area contributed by atoms with E-state index in [4.69, 9.17) is 0 Å². The maximum atomic E-state index is 9.30. The molecule has 90 valence electrons. The lowest BCUT2D eigenvalue weighted by Crippen LogP contribution is -2.06. The summed E-state index contributed by atoms with van der Waals surface area (Å²) in [6, 6.07) is 7.71. The van der Waals surface area contributed by atoms with Gasteiger partial charge in [0.05, 0.1) is 0 Å². The van der Waals surface area contributed by atoms with Gasteiger partial charge in [-0.15, -0.1) is 0 Å². The smallest absolute Gasteiger partial charge is 0.115 e. The Morgan fingerprint density at radius 3 is 1.69 bits per heavy atom. The van der Waals surface area contributed by atoms with E-state index in [1.807, 2.05) is 0 Å². The van der Waals surface area contributed by atoms with E-state index in [0.717, 1.165) is 11.8 Å². The first-order valence-electron chi connectivity index (χ1n) is 6.28. The first-order chi connectivity index (χ1) is 7.49. The Kier molecular flexibility index (Phi) is 4.85. The Morgan fingerprint density at radius 1 is 0.875 bits per heavy atom. The van der Waals surface area contributed by atoms with E-state index >= 15 is 0 Å². The summed E-state index contributed by atoms with van der Waals surface area (Å²) >= 11 is 0. The highest BCUT2D eigenvalue weighted by Crippen LogP contribution is 2.30. The van der Waals surface area contributed by atoms with Crippen LogP contribution < -0.4 is 0 Å². The highest BCUT2D eigenvalue weighted by molar-refractivity contribution is 5.28. The third-order valence-electron chi connectivity index (χ3n) is 2.88. The molecule has 16 heavy (non-hydrogen) atoms. The van der Waals surface area contributed by atoms with Crippen molar-refractivity contribution in [3.05, 3.63) is 29.8 Å². The van der Waals surface area contributed by atoms with Gasteiger partial charge in [0.25, 0.3) is 0 Å². The summed E-state index contributed by atoms with van der Waals surface area (Å²) in [5, 5.41) is 9.30. The molecule has 1 rings (SSSR count). The Bertz CT molecular complexity index is 288. The molecule has 0 atom stereocenters. The van der Waals surface area contributed by atoms with E-state index in [0.29, 0.717) is 11.7 Å². The van der Waals surface area contributed by atoms with Gasteiger partial charge in [0.1, 0.15) is 5.75 Å². The molecule has 0 saturated carbocycles. The zero-order valence-electron chi connectivity index (χ0n) is 10.9. The van der Waals surface area contributed by atoms with E-state index in [1.54, 1.807) is 12.1 Å². The zero-order valence-corrected chi connectivity index (χ0v) is 10.9. The van der Waals surface area contributed by atoms with Crippen molar-refractivity contribution in [2.75, 3.05) is 0 Å². The molecule has 0 unspecified atom stereocenters. The van der Waals surface area contributed by atoms with Crippen molar-refractivity contribution >= 4 is 0 Å². The molecule has 0 aliphatic heterocycles. The van der Waals surface area contributed by atoms with Crippen molar-refractivity contribution in [3.63, 3.8) is 0 Å². The molecule has 1 nitrogen and oxygen atoms in total. The summed E-state index contributed by atoms with van der Waals surface area (Å²) in [5.74, 6) is 2.42. The largest absolute Gasteiger partial charge is 0.508 e. The molecule has 0 spiro atoms. The fourth-order valence-corrected chi connectivity index (χ4v) is 2.25. The molecule has 1 aromatic rings. The molecule has 0 bridgehead atoms. The lowest BCUT2D eigenvalue weighted by molar-refractivity contribution is 0.423. The van der Waals surface area contributed by atoms with E-state index in [-0.39, 0.29) is 0 Å². The monoisotopic (exact) mass is 220 g/mol. The number of aromatic hydroxyl groups is 1. The van der Waals surface area contributed by atoms with Crippen molar-refractivity contribution < 1.29 is 5.11 Å². The van der Waals surface area contributed by atoms with E-state index in [9.17, 15) is 5.11 Å². The topological polar surface area (TPSA) is 20.2 Å². The number of benzene rings is 1. The molecule has 1 heteroatoms. The second-order valence-electron chi connectivity index (χ2n) is 5.55. The molecule has 0 aliphatic carbocycles. The molecule has 0 amide bonds. The maximum Gasteiger partial charge on any atom is 0.115 e. The second kappa shape index (κ2) is 5.93. The van der Waals surface area contributed by atoms with E-state index in [1.165, 1.54) is 18.4 Å². The van der Waals surface area contributed by atoms with Crippen LogP contribution in [-0.4, -0.2) is 5.11 Å². The minimum atomic E-state index is 0.358. The minimum absolute atomic E-state index is 0.358. The average molecular weight is 220 g/mol. The number of hydrogen-bond donors (Lipinski definition) is 1. The van der Waals surface area contributed by atoms with Gasteiger partial charge in [0, 0.05) is 0 Å². The molecule has 0 fully saturated rings. The zero-order chi connectivity index (χ0) is 12.1. The predicted molar refractivity (Wildman–Crippen MR) is 69.8 cm³/mol. The number of rotatable bonds is 5. The van der Waals surface area contributed by atoms with Gasteiger partial charge in [0.2, 0.25) is 0 Å². The molecule has 0 heterocycles. The average Bonchev–Trinajstić information content (AvgIpc) is 2.16. The van der Waals surface area contributed by atoms with Gasteiger partial charge in [0.15, 0.2) is 0 Å². The Morgan fingerprint density at radius 2 is 1.31 bits per heavy atom. The number of phenolic OH excluding ortho intramolecular Hbond substituents is 1. The van der Waals surface area contributed by atoms with Crippen molar-refractivity contribution in [2.45, 2.75) is 46.5 Å². The van der Waals surface area contributed by atoms with Gasteiger partial charge >= 0.3 is 0 Å². The van der Waals surface area contributed by atoms with Crippen LogP contribution in [0, 0.1) is 11.8 Å². The second-order valence-corrected chi connectivity index (χ2v) is 5.55. The lowest BCUT2D eigenvalue weighted by Gasteiger charge is -2.21. The van der Waals surface area contributed by atoms with Crippen LogP contribution in [0.2, 0.25) is 0 Å². The van der Waals surface area contributed by atoms with Gasteiger partial charge in [-0.3, -0.25) is 0 Å². The summed E-state index contributed by atoms with van der Waals surface area (Å²) in [5.41, 5.74) is 1.36. The quantitative estimate of drug-likeness (QED) is 0.770. The molecule has 0 saturated heterocycles. The van der Waals surface area contributed by atoms with Crippen LogP contribution in [0.1, 0.15) is 52.0 Å². The van der Waals surface area contributed by atoms with Crippen LogP contribution in [0.4, 0.5) is 0 Å². The van der Waals surface area contributed by atoms with Crippen LogP contribution >= 0.6 is 0 Å². The Labute approximate surface area is 99.5 Å². The van der Waals surface area contributed by atoms with E-state index in [2.05, 4.69) is 39.8 Å². The molecule has 0 aromatic heterocycles. The standard InChI is InChI=1S/C15H24O/c1-11(2)9-14(10-12(3)4)13-5-7-15(16)8-6-13/h5-8,11-12,14,16H,9-10H2,1-4H3. The van der Waals surface area contributed by atoms with Gasteiger partial charge in [-0.05, 0) is 48.3 Å². The molecule has 1 N–H and O–H groups in total. The summed E-state index contributed by atoms with van der Waals surface area (Å²) in [6.45, 7) is 9.09. The van der Waals surface area contributed by atoms with Gasteiger partial charge in [-0.25, -0.2) is 0 Å². The highest BCUT2D eigenvalue weighted by atomic mass is 16.3. The lowest BCUT2D eigenvalue weighted by atomic mass is 9.84. The first kappa shape index (κ1) is 13.1. The molecule has 1 aromatic carbocycles. The van der Waals surface area contributed by atoms with Crippen molar-refractivity contribution in [3.8, 4) is 5.75 Å². The summed E-state index contributed by atoms with van der Waals surface area (Å²) in [6.07, 6.45) is 2.45. The maximum absolute atomic E-state index is 9.30. The minimum Gasteiger partial charge on any atom is -0.508 e. The SMILES string of the molecule is CC(C)CC(CC(C)C)c1ccc(O)cc1. The van der Waals surface area contributed by atoms with Gasteiger partial charge < -0.3 is 5.11 Å². The Hall–Kier alpha value is -0.980. The van der Waals surface area contributed by atoms with Crippen molar-refractivity contribution in [1.29, 1.82) is 0 Å². The van der Waals surface area contributed by atoms with Crippen LogP contribution in [-0.2, 0) is 0 Å². The summed E-state index contributed by atoms with van der Waals surface area (Å²) < 4.78 is 0. The fraction of sp³-hybridized carbons (Fsp3) is 0.600. The summed E-state index contributed by atoms with van der Waals surface area (Å²) in [7, 11) is 0. The third kappa shape index (κ3) is 4.26. The number of hydrogen-bond acceptors (Lipinski definition) is 1. The van der Waals surface area contributed by atoms with Gasteiger partial charge in [-0.1, -0.05) is 39.8 Å². The predicted octanol–water partition coefficient (Wildman–Crippen LogP) is 4.57. The van der Waals surface area contributed by atoms with Crippen molar-refractivity contribution in [2.24, 2.45) is 11.8 Å². The molecule has 0 radical (unpaired) electrons. The van der Waals surface area contributed by atoms with E-state index < -0.39 is 0 Å². The van der Waals surface area contributed by atoms with Crippen LogP contribution in [0.15, 0.2) is 24.3 Å². The fourth-order valence-electron chi connectivity index (χ4n) is 2.25. The van der Waals surface area contributed by atoms with Crippen LogP contribution in [0.3, 0.4) is 0 Å².